The number of rotatable bonds is 3. The maximum Gasteiger partial charge on any atom is 0.252 e. The van der Waals surface area contributed by atoms with Crippen LogP contribution in [0.4, 0.5) is 0 Å². The summed E-state index contributed by atoms with van der Waals surface area (Å²) in [6.45, 7) is 2.51. The molecule has 0 fully saturated rings. The fourth-order valence-corrected chi connectivity index (χ4v) is 1.62. The maximum atomic E-state index is 11.7. The summed E-state index contributed by atoms with van der Waals surface area (Å²) >= 11 is 0. The standard InChI is InChI=1S/C14H14N2O/c1-2-16-14(17)13-8-12(9-15-10-13)11-6-4-3-5-7-11/h3-10H,2H2,1H3,(H,16,17). The minimum Gasteiger partial charge on any atom is -0.352 e. The third-order valence-electron chi connectivity index (χ3n) is 2.44. The van der Waals surface area contributed by atoms with Crippen molar-refractivity contribution < 1.29 is 4.79 Å². The normalized spacial score (nSPS) is 9.94. The molecular formula is C14H14N2O. The molecule has 0 atom stereocenters. The first-order valence-electron chi connectivity index (χ1n) is 5.60. The van der Waals surface area contributed by atoms with E-state index in [1.807, 2.05) is 43.3 Å². The Hall–Kier alpha value is -2.16. The highest BCUT2D eigenvalue weighted by molar-refractivity contribution is 5.94. The van der Waals surface area contributed by atoms with Gasteiger partial charge in [-0.2, -0.15) is 0 Å². The van der Waals surface area contributed by atoms with Crippen LogP contribution in [-0.4, -0.2) is 17.4 Å². The van der Waals surface area contributed by atoms with Gasteiger partial charge in [0.2, 0.25) is 0 Å². The molecule has 0 aliphatic rings. The van der Waals surface area contributed by atoms with Gasteiger partial charge in [-0.3, -0.25) is 9.78 Å². The predicted octanol–water partition coefficient (Wildman–Crippen LogP) is 2.50. The first-order chi connectivity index (χ1) is 8.31. The van der Waals surface area contributed by atoms with Crippen LogP contribution in [0.2, 0.25) is 0 Å². The highest BCUT2D eigenvalue weighted by Gasteiger charge is 2.06. The second-order valence-corrected chi connectivity index (χ2v) is 3.69. The summed E-state index contributed by atoms with van der Waals surface area (Å²) in [5.74, 6) is -0.0854. The van der Waals surface area contributed by atoms with Gasteiger partial charge in [0.1, 0.15) is 0 Å². The van der Waals surface area contributed by atoms with E-state index in [0.29, 0.717) is 12.1 Å². The molecule has 0 unspecified atom stereocenters. The third-order valence-corrected chi connectivity index (χ3v) is 2.44. The molecule has 0 aliphatic carbocycles. The quantitative estimate of drug-likeness (QED) is 0.873. The number of hydrogen-bond acceptors (Lipinski definition) is 2. The van der Waals surface area contributed by atoms with Gasteiger partial charge in [0.25, 0.3) is 5.91 Å². The van der Waals surface area contributed by atoms with E-state index < -0.39 is 0 Å². The van der Waals surface area contributed by atoms with Crippen LogP contribution < -0.4 is 5.32 Å². The largest absolute Gasteiger partial charge is 0.352 e. The van der Waals surface area contributed by atoms with Crippen molar-refractivity contribution in [1.29, 1.82) is 0 Å². The fourth-order valence-electron chi connectivity index (χ4n) is 1.62. The lowest BCUT2D eigenvalue weighted by molar-refractivity contribution is 0.0955. The molecule has 0 saturated heterocycles. The summed E-state index contributed by atoms with van der Waals surface area (Å²) in [6, 6.07) is 11.7. The Balaban J connectivity index is 2.32. The van der Waals surface area contributed by atoms with Crippen molar-refractivity contribution in [3.05, 3.63) is 54.4 Å². The molecule has 0 aliphatic heterocycles. The molecule has 2 rings (SSSR count). The van der Waals surface area contributed by atoms with Gasteiger partial charge in [-0.15, -0.1) is 0 Å². The number of aromatic nitrogens is 1. The Kier molecular flexibility index (Phi) is 3.50. The zero-order valence-electron chi connectivity index (χ0n) is 9.68. The van der Waals surface area contributed by atoms with E-state index in [1.54, 1.807) is 12.4 Å². The van der Waals surface area contributed by atoms with Crippen molar-refractivity contribution in [3.63, 3.8) is 0 Å². The van der Waals surface area contributed by atoms with E-state index in [9.17, 15) is 4.79 Å². The fraction of sp³-hybridized carbons (Fsp3) is 0.143. The molecule has 1 aromatic carbocycles. The van der Waals surface area contributed by atoms with Crippen LogP contribution in [0, 0.1) is 0 Å². The summed E-state index contributed by atoms with van der Waals surface area (Å²) in [5.41, 5.74) is 2.61. The Labute approximate surface area is 101 Å². The van der Waals surface area contributed by atoms with Gasteiger partial charge >= 0.3 is 0 Å². The van der Waals surface area contributed by atoms with Crippen LogP contribution in [0.15, 0.2) is 48.8 Å². The number of pyridine rings is 1. The van der Waals surface area contributed by atoms with E-state index in [0.717, 1.165) is 11.1 Å². The van der Waals surface area contributed by atoms with Crippen LogP contribution in [0.5, 0.6) is 0 Å². The zero-order valence-corrected chi connectivity index (χ0v) is 9.68. The molecule has 3 nitrogen and oxygen atoms in total. The lowest BCUT2D eigenvalue weighted by atomic mass is 10.1. The average Bonchev–Trinajstić information content (AvgIpc) is 2.40. The van der Waals surface area contributed by atoms with Gasteiger partial charge in [-0.25, -0.2) is 0 Å². The van der Waals surface area contributed by atoms with Crippen molar-refractivity contribution >= 4 is 5.91 Å². The second kappa shape index (κ2) is 5.25. The van der Waals surface area contributed by atoms with E-state index in [2.05, 4.69) is 10.3 Å². The molecule has 1 heterocycles. The summed E-state index contributed by atoms with van der Waals surface area (Å²) in [7, 11) is 0. The highest BCUT2D eigenvalue weighted by Crippen LogP contribution is 2.18. The number of carbonyl (C=O) groups is 1. The van der Waals surface area contributed by atoms with E-state index in [-0.39, 0.29) is 5.91 Å². The Morgan fingerprint density at radius 3 is 2.65 bits per heavy atom. The van der Waals surface area contributed by atoms with Crippen LogP contribution in [0.1, 0.15) is 17.3 Å². The molecular weight excluding hydrogens is 212 g/mol. The Bertz CT molecular complexity index is 509. The van der Waals surface area contributed by atoms with Crippen molar-refractivity contribution in [2.24, 2.45) is 0 Å². The van der Waals surface area contributed by atoms with Gasteiger partial charge in [0.15, 0.2) is 0 Å². The number of hydrogen-bond donors (Lipinski definition) is 1. The highest BCUT2D eigenvalue weighted by atomic mass is 16.1. The summed E-state index contributed by atoms with van der Waals surface area (Å²) in [4.78, 5) is 15.8. The molecule has 1 N–H and O–H groups in total. The lowest BCUT2D eigenvalue weighted by Crippen LogP contribution is -2.22. The molecule has 0 spiro atoms. The Morgan fingerprint density at radius 2 is 1.94 bits per heavy atom. The van der Waals surface area contributed by atoms with Crippen molar-refractivity contribution in [2.45, 2.75) is 6.92 Å². The summed E-state index contributed by atoms with van der Waals surface area (Å²) in [6.07, 6.45) is 3.34. The topological polar surface area (TPSA) is 42.0 Å². The van der Waals surface area contributed by atoms with Gasteiger partial charge in [0.05, 0.1) is 5.56 Å². The van der Waals surface area contributed by atoms with Gasteiger partial charge in [0, 0.05) is 24.5 Å². The molecule has 0 radical (unpaired) electrons. The number of benzene rings is 1. The third kappa shape index (κ3) is 2.69. The van der Waals surface area contributed by atoms with Crippen LogP contribution in [0.25, 0.3) is 11.1 Å². The number of amides is 1. The van der Waals surface area contributed by atoms with E-state index in [1.165, 1.54) is 0 Å². The summed E-state index contributed by atoms with van der Waals surface area (Å²) < 4.78 is 0. The van der Waals surface area contributed by atoms with E-state index in [4.69, 9.17) is 0 Å². The molecule has 2 aromatic rings. The van der Waals surface area contributed by atoms with Crippen molar-refractivity contribution in [3.8, 4) is 11.1 Å². The molecule has 1 amide bonds. The zero-order chi connectivity index (χ0) is 12.1. The average molecular weight is 226 g/mol. The van der Waals surface area contributed by atoms with Crippen LogP contribution >= 0.6 is 0 Å². The lowest BCUT2D eigenvalue weighted by Gasteiger charge is -2.04. The minimum absolute atomic E-state index is 0.0854. The molecule has 0 saturated carbocycles. The summed E-state index contributed by atoms with van der Waals surface area (Å²) in [5, 5.41) is 2.76. The smallest absolute Gasteiger partial charge is 0.252 e. The number of nitrogens with one attached hydrogen (secondary N) is 1. The molecule has 0 bridgehead atoms. The molecule has 1 aromatic heterocycles. The number of nitrogens with zero attached hydrogens (tertiary/aromatic N) is 1. The molecule has 86 valence electrons. The molecule has 3 heteroatoms. The monoisotopic (exact) mass is 226 g/mol. The Morgan fingerprint density at radius 1 is 1.18 bits per heavy atom. The van der Waals surface area contributed by atoms with Crippen LogP contribution in [0.3, 0.4) is 0 Å². The first kappa shape index (κ1) is 11.3. The predicted molar refractivity (Wildman–Crippen MR) is 67.7 cm³/mol. The molecule has 17 heavy (non-hydrogen) atoms. The minimum atomic E-state index is -0.0854. The van der Waals surface area contributed by atoms with Crippen molar-refractivity contribution in [1.82, 2.24) is 10.3 Å². The van der Waals surface area contributed by atoms with Crippen molar-refractivity contribution in [2.75, 3.05) is 6.54 Å². The SMILES string of the molecule is CCNC(=O)c1cncc(-c2ccccc2)c1. The van der Waals surface area contributed by atoms with E-state index >= 15 is 0 Å². The van der Waals surface area contributed by atoms with Gasteiger partial charge in [-0.1, -0.05) is 30.3 Å². The number of carbonyl (C=O) groups excluding carboxylic acids is 1. The van der Waals surface area contributed by atoms with Gasteiger partial charge < -0.3 is 5.32 Å². The second-order valence-electron chi connectivity index (χ2n) is 3.69. The van der Waals surface area contributed by atoms with Crippen LogP contribution in [-0.2, 0) is 0 Å². The first-order valence-corrected chi connectivity index (χ1v) is 5.60. The maximum absolute atomic E-state index is 11.7. The van der Waals surface area contributed by atoms with Gasteiger partial charge in [-0.05, 0) is 18.6 Å².